The van der Waals surface area contributed by atoms with Crippen LogP contribution >= 0.6 is 0 Å². The van der Waals surface area contributed by atoms with Crippen LogP contribution in [-0.4, -0.2) is 17.0 Å². The Morgan fingerprint density at radius 2 is 1.70 bits per heavy atom. The van der Waals surface area contributed by atoms with Crippen molar-refractivity contribution >= 4 is 16.7 Å². The van der Waals surface area contributed by atoms with Crippen LogP contribution in [0.1, 0.15) is 34.0 Å². The van der Waals surface area contributed by atoms with Gasteiger partial charge in [0, 0.05) is 18.3 Å². The lowest BCUT2D eigenvalue weighted by Gasteiger charge is -2.15. The molecule has 0 spiro atoms. The first kappa shape index (κ1) is 19.6. The zero-order valence-corrected chi connectivity index (χ0v) is 17.1. The fourth-order valence-electron chi connectivity index (χ4n) is 3.56. The van der Waals surface area contributed by atoms with Crippen molar-refractivity contribution in [2.45, 2.75) is 20.4 Å². The molecule has 4 rings (SSSR count). The Labute approximate surface area is 175 Å². The average Bonchev–Trinajstić information content (AvgIpc) is 2.77. The molecule has 0 radical (unpaired) electrons. The zero-order chi connectivity index (χ0) is 21.1. The third kappa shape index (κ3) is 3.90. The summed E-state index contributed by atoms with van der Waals surface area (Å²) in [5, 5.41) is 0.481. The number of rotatable bonds is 6. The van der Waals surface area contributed by atoms with Gasteiger partial charge in [-0.3, -0.25) is 9.59 Å². The lowest BCUT2D eigenvalue weighted by atomic mass is 10.0. The molecule has 0 aliphatic heterocycles. The fourth-order valence-corrected chi connectivity index (χ4v) is 3.56. The highest BCUT2D eigenvalue weighted by Gasteiger charge is 2.17. The van der Waals surface area contributed by atoms with Crippen LogP contribution in [0.25, 0.3) is 10.9 Å². The van der Waals surface area contributed by atoms with Crippen LogP contribution < -0.4 is 10.2 Å². The van der Waals surface area contributed by atoms with Gasteiger partial charge >= 0.3 is 0 Å². The lowest BCUT2D eigenvalue weighted by molar-refractivity contribution is 0.103. The SMILES string of the molecule is CCOc1ccc2c(c1)c(=O)c(C(=O)c1ccccc1)cn2Cc1ccc(C)cc1. The van der Waals surface area contributed by atoms with Crippen molar-refractivity contribution in [2.24, 2.45) is 0 Å². The quantitative estimate of drug-likeness (QED) is 0.431. The van der Waals surface area contributed by atoms with Crippen LogP contribution in [0.4, 0.5) is 0 Å². The summed E-state index contributed by atoms with van der Waals surface area (Å²) in [7, 11) is 0. The molecule has 150 valence electrons. The molecular formula is C26H23NO3. The predicted molar refractivity (Wildman–Crippen MR) is 120 cm³/mol. The molecule has 0 N–H and O–H groups in total. The second-order valence-corrected chi connectivity index (χ2v) is 7.29. The Balaban J connectivity index is 1.90. The standard InChI is InChI=1S/C26H23NO3/c1-3-30-21-13-14-24-22(15-21)26(29)23(25(28)20-7-5-4-6-8-20)17-27(24)16-19-11-9-18(2)10-12-19/h4-15,17H,3,16H2,1-2H3. The average molecular weight is 397 g/mol. The van der Waals surface area contributed by atoms with Crippen molar-refractivity contribution in [3.63, 3.8) is 0 Å². The molecule has 30 heavy (non-hydrogen) atoms. The third-order valence-corrected chi connectivity index (χ3v) is 5.12. The van der Waals surface area contributed by atoms with Gasteiger partial charge in [-0.05, 0) is 37.6 Å². The molecule has 4 nitrogen and oxygen atoms in total. The molecule has 0 unspecified atom stereocenters. The van der Waals surface area contributed by atoms with E-state index in [0.717, 1.165) is 11.1 Å². The molecular weight excluding hydrogens is 374 g/mol. The van der Waals surface area contributed by atoms with Crippen LogP contribution in [0.2, 0.25) is 0 Å². The van der Waals surface area contributed by atoms with E-state index in [0.29, 0.717) is 29.9 Å². The van der Waals surface area contributed by atoms with Gasteiger partial charge in [0.1, 0.15) is 5.75 Å². The number of aryl methyl sites for hydroxylation is 1. The summed E-state index contributed by atoms with van der Waals surface area (Å²) in [6, 6.07) is 22.6. The monoisotopic (exact) mass is 397 g/mol. The minimum Gasteiger partial charge on any atom is -0.494 e. The van der Waals surface area contributed by atoms with Crippen molar-refractivity contribution in [1.29, 1.82) is 0 Å². The summed E-state index contributed by atoms with van der Waals surface area (Å²) in [6.45, 7) is 5.01. The van der Waals surface area contributed by atoms with E-state index in [1.54, 1.807) is 36.5 Å². The van der Waals surface area contributed by atoms with E-state index in [4.69, 9.17) is 4.74 Å². The first-order chi connectivity index (χ1) is 14.6. The second kappa shape index (κ2) is 8.37. The summed E-state index contributed by atoms with van der Waals surface area (Å²) >= 11 is 0. The van der Waals surface area contributed by atoms with Gasteiger partial charge in [-0.15, -0.1) is 0 Å². The normalized spacial score (nSPS) is 10.9. The maximum Gasteiger partial charge on any atom is 0.200 e. The highest BCUT2D eigenvalue weighted by atomic mass is 16.5. The Morgan fingerprint density at radius 3 is 2.40 bits per heavy atom. The van der Waals surface area contributed by atoms with Gasteiger partial charge in [0.25, 0.3) is 0 Å². The summed E-state index contributed by atoms with van der Waals surface area (Å²) in [6.07, 6.45) is 1.68. The second-order valence-electron chi connectivity index (χ2n) is 7.29. The molecule has 4 aromatic rings. The highest BCUT2D eigenvalue weighted by Crippen LogP contribution is 2.21. The van der Waals surface area contributed by atoms with Gasteiger partial charge in [-0.1, -0.05) is 60.2 Å². The fraction of sp³-hybridized carbons (Fsp3) is 0.154. The molecule has 4 heteroatoms. The number of benzene rings is 3. The van der Waals surface area contributed by atoms with Crippen LogP contribution in [0.3, 0.4) is 0 Å². The number of fused-ring (bicyclic) bond motifs is 1. The van der Waals surface area contributed by atoms with E-state index in [1.165, 1.54) is 5.56 Å². The number of ketones is 1. The molecule has 1 aromatic heterocycles. The highest BCUT2D eigenvalue weighted by molar-refractivity contribution is 6.10. The molecule has 0 saturated carbocycles. The Hall–Kier alpha value is -3.66. The van der Waals surface area contributed by atoms with Gasteiger partial charge in [0.2, 0.25) is 5.43 Å². The molecule has 0 atom stereocenters. The molecule has 3 aromatic carbocycles. The molecule has 1 heterocycles. The van der Waals surface area contributed by atoms with Crippen LogP contribution in [0.15, 0.2) is 83.8 Å². The number of nitrogens with zero attached hydrogens (tertiary/aromatic N) is 1. The third-order valence-electron chi connectivity index (χ3n) is 5.12. The number of carbonyl (C=O) groups is 1. The van der Waals surface area contributed by atoms with Crippen molar-refractivity contribution in [1.82, 2.24) is 4.57 Å². The van der Waals surface area contributed by atoms with Crippen LogP contribution in [0, 0.1) is 6.92 Å². The van der Waals surface area contributed by atoms with Gasteiger partial charge in [-0.25, -0.2) is 0 Å². The summed E-state index contributed by atoms with van der Waals surface area (Å²) < 4.78 is 7.56. The predicted octanol–water partition coefficient (Wildman–Crippen LogP) is 4.99. The molecule has 0 fully saturated rings. The number of carbonyl (C=O) groups excluding carboxylic acids is 1. The van der Waals surface area contributed by atoms with Gasteiger partial charge in [0.15, 0.2) is 5.78 Å². The summed E-state index contributed by atoms with van der Waals surface area (Å²) in [5.74, 6) is 0.343. The van der Waals surface area contributed by atoms with E-state index in [1.807, 2.05) is 36.6 Å². The van der Waals surface area contributed by atoms with E-state index >= 15 is 0 Å². The van der Waals surface area contributed by atoms with Gasteiger partial charge in [-0.2, -0.15) is 0 Å². The number of hydrogen-bond acceptors (Lipinski definition) is 3. The van der Waals surface area contributed by atoms with Crippen molar-refractivity contribution < 1.29 is 9.53 Å². The molecule has 0 aliphatic rings. The van der Waals surface area contributed by atoms with Gasteiger partial charge < -0.3 is 9.30 Å². The Kier molecular flexibility index (Phi) is 5.48. The maximum atomic E-state index is 13.3. The maximum absolute atomic E-state index is 13.3. The lowest BCUT2D eigenvalue weighted by Crippen LogP contribution is -2.20. The number of aromatic nitrogens is 1. The van der Waals surface area contributed by atoms with E-state index < -0.39 is 0 Å². The number of hydrogen-bond donors (Lipinski definition) is 0. The van der Waals surface area contributed by atoms with E-state index in [9.17, 15) is 9.59 Å². The topological polar surface area (TPSA) is 48.3 Å². The van der Waals surface area contributed by atoms with Crippen LogP contribution in [-0.2, 0) is 6.54 Å². The zero-order valence-electron chi connectivity index (χ0n) is 17.1. The van der Waals surface area contributed by atoms with E-state index in [2.05, 4.69) is 24.3 Å². The summed E-state index contributed by atoms with van der Waals surface area (Å²) in [4.78, 5) is 26.4. The summed E-state index contributed by atoms with van der Waals surface area (Å²) in [5.41, 5.74) is 3.43. The number of pyridine rings is 1. The van der Waals surface area contributed by atoms with Gasteiger partial charge in [0.05, 0.1) is 23.1 Å². The van der Waals surface area contributed by atoms with Crippen molar-refractivity contribution in [3.8, 4) is 5.75 Å². The number of ether oxygens (including phenoxy) is 1. The minimum absolute atomic E-state index is 0.162. The smallest absolute Gasteiger partial charge is 0.200 e. The Morgan fingerprint density at radius 1 is 0.967 bits per heavy atom. The molecule has 0 aliphatic carbocycles. The molecule has 0 amide bonds. The largest absolute Gasteiger partial charge is 0.494 e. The molecule has 0 bridgehead atoms. The minimum atomic E-state index is -0.277. The van der Waals surface area contributed by atoms with E-state index in [-0.39, 0.29) is 16.8 Å². The Bertz CT molecular complexity index is 1260. The molecule has 0 saturated heterocycles. The first-order valence-electron chi connectivity index (χ1n) is 10.0. The first-order valence-corrected chi connectivity index (χ1v) is 10.0. The van der Waals surface area contributed by atoms with Crippen LogP contribution in [0.5, 0.6) is 5.75 Å². The van der Waals surface area contributed by atoms with Crippen molar-refractivity contribution in [3.05, 3.63) is 111 Å². The van der Waals surface area contributed by atoms with Crippen molar-refractivity contribution in [2.75, 3.05) is 6.61 Å².